The lowest BCUT2D eigenvalue weighted by atomic mass is 10.2. The van der Waals surface area contributed by atoms with Gasteiger partial charge in [0.15, 0.2) is 5.76 Å². The van der Waals surface area contributed by atoms with Gasteiger partial charge in [-0.2, -0.15) is 9.78 Å². The highest BCUT2D eigenvalue weighted by molar-refractivity contribution is 9.10. The van der Waals surface area contributed by atoms with Crippen molar-refractivity contribution >= 4 is 55.6 Å². The van der Waals surface area contributed by atoms with Crippen molar-refractivity contribution < 1.29 is 13.5 Å². The minimum absolute atomic E-state index is 0.239. The van der Waals surface area contributed by atoms with Gasteiger partial charge in [0, 0.05) is 9.86 Å². The van der Waals surface area contributed by atoms with Crippen LogP contribution in [-0.4, -0.2) is 15.9 Å². The van der Waals surface area contributed by atoms with E-state index in [1.54, 1.807) is 48.5 Å². The first kappa shape index (κ1) is 25.0. The quantitative estimate of drug-likeness (QED) is 0.182. The summed E-state index contributed by atoms with van der Waals surface area (Å²) in [6.45, 7) is 0.239. The van der Waals surface area contributed by atoms with Gasteiger partial charge in [-0.05, 0) is 77.9 Å². The second-order valence-corrected chi connectivity index (χ2v) is 10.0. The van der Waals surface area contributed by atoms with Crippen molar-refractivity contribution in [3.8, 4) is 17.3 Å². The molecular formula is C30H18BrClFN3O3. The van der Waals surface area contributed by atoms with E-state index in [1.807, 2.05) is 30.3 Å². The molecule has 0 N–H and O–H groups in total. The second-order valence-electron chi connectivity index (χ2n) is 8.71. The van der Waals surface area contributed by atoms with Crippen molar-refractivity contribution in [2.45, 2.75) is 6.61 Å². The second kappa shape index (κ2) is 10.5. The monoisotopic (exact) mass is 601 g/mol. The van der Waals surface area contributed by atoms with Crippen LogP contribution in [0.15, 0.2) is 110 Å². The summed E-state index contributed by atoms with van der Waals surface area (Å²) in [7, 11) is 0. The number of rotatable bonds is 6. The first-order valence-electron chi connectivity index (χ1n) is 11.9. The van der Waals surface area contributed by atoms with Crippen molar-refractivity contribution in [2.75, 3.05) is 0 Å². The number of hydrogen-bond acceptors (Lipinski definition) is 5. The van der Waals surface area contributed by atoms with E-state index in [1.165, 1.54) is 23.0 Å². The van der Waals surface area contributed by atoms with E-state index in [0.29, 0.717) is 38.6 Å². The third-order valence-electron chi connectivity index (χ3n) is 6.04. The summed E-state index contributed by atoms with van der Waals surface area (Å²) in [5.41, 5.74) is 2.32. The molecule has 0 aliphatic rings. The summed E-state index contributed by atoms with van der Waals surface area (Å²) in [4.78, 5) is 18.2. The third kappa shape index (κ3) is 5.21. The van der Waals surface area contributed by atoms with Crippen LogP contribution in [0.5, 0.6) is 5.75 Å². The minimum atomic E-state index is -0.334. The molecule has 6 aromatic rings. The SMILES string of the molecule is O=c1c2ccccc2nc(-c2cc3cc(Br)ccc3o2)n1N=Cc1ccc(OCc2ccc(F)cc2)c(Cl)c1. The Labute approximate surface area is 235 Å². The van der Waals surface area contributed by atoms with Crippen LogP contribution in [0.25, 0.3) is 33.5 Å². The summed E-state index contributed by atoms with van der Waals surface area (Å²) in [5, 5.41) is 6.14. The van der Waals surface area contributed by atoms with Gasteiger partial charge in [0.05, 0.1) is 22.1 Å². The van der Waals surface area contributed by atoms with Gasteiger partial charge in [0.2, 0.25) is 5.82 Å². The molecule has 0 aliphatic carbocycles. The van der Waals surface area contributed by atoms with E-state index in [4.69, 9.17) is 25.7 Å². The number of aromatic nitrogens is 2. The largest absolute Gasteiger partial charge is 0.487 e. The molecule has 9 heteroatoms. The van der Waals surface area contributed by atoms with Crippen LogP contribution in [-0.2, 0) is 6.61 Å². The maximum absolute atomic E-state index is 13.5. The first-order chi connectivity index (χ1) is 18.9. The van der Waals surface area contributed by atoms with Crippen molar-refractivity contribution in [3.63, 3.8) is 0 Å². The fourth-order valence-electron chi connectivity index (χ4n) is 4.10. The van der Waals surface area contributed by atoms with Crippen LogP contribution >= 0.6 is 27.5 Å². The number of para-hydroxylation sites is 1. The zero-order valence-electron chi connectivity index (χ0n) is 20.1. The summed E-state index contributed by atoms with van der Waals surface area (Å²) < 4.78 is 27.1. The highest BCUT2D eigenvalue weighted by Gasteiger charge is 2.16. The Hall–Kier alpha value is -4.27. The molecule has 0 saturated carbocycles. The van der Waals surface area contributed by atoms with E-state index in [-0.39, 0.29) is 23.8 Å². The van der Waals surface area contributed by atoms with Gasteiger partial charge < -0.3 is 9.15 Å². The summed E-state index contributed by atoms with van der Waals surface area (Å²) in [6, 6.07) is 25.8. The Bertz CT molecular complexity index is 1930. The molecule has 0 atom stereocenters. The number of halogens is 3. The molecule has 39 heavy (non-hydrogen) atoms. The van der Waals surface area contributed by atoms with Crippen molar-refractivity contribution in [2.24, 2.45) is 5.10 Å². The topological polar surface area (TPSA) is 69.6 Å². The molecule has 0 radical (unpaired) electrons. The smallest absolute Gasteiger partial charge is 0.282 e. The molecule has 0 unspecified atom stereocenters. The number of furan rings is 1. The van der Waals surface area contributed by atoms with Gasteiger partial charge in [-0.15, -0.1) is 0 Å². The van der Waals surface area contributed by atoms with Crippen LogP contribution in [0.2, 0.25) is 5.02 Å². The first-order valence-corrected chi connectivity index (χ1v) is 13.0. The van der Waals surface area contributed by atoms with E-state index in [2.05, 4.69) is 21.0 Å². The number of ether oxygens (including phenoxy) is 1. The van der Waals surface area contributed by atoms with Gasteiger partial charge in [0.1, 0.15) is 23.8 Å². The van der Waals surface area contributed by atoms with Crippen molar-refractivity contribution in [1.29, 1.82) is 0 Å². The molecule has 0 fully saturated rings. The Morgan fingerprint density at radius 3 is 2.67 bits per heavy atom. The molecule has 0 aliphatic heterocycles. The molecular weight excluding hydrogens is 585 g/mol. The molecule has 4 aromatic carbocycles. The molecule has 0 saturated heterocycles. The van der Waals surface area contributed by atoms with Gasteiger partial charge in [-0.3, -0.25) is 4.79 Å². The van der Waals surface area contributed by atoms with Gasteiger partial charge >= 0.3 is 0 Å². The number of benzene rings is 4. The molecule has 2 heterocycles. The molecule has 2 aromatic heterocycles. The molecule has 0 bridgehead atoms. The fourth-order valence-corrected chi connectivity index (χ4v) is 4.72. The summed E-state index contributed by atoms with van der Waals surface area (Å²) in [6.07, 6.45) is 1.52. The lowest BCUT2D eigenvalue weighted by Crippen LogP contribution is -2.20. The predicted octanol–water partition coefficient (Wildman–Crippen LogP) is 7.83. The summed E-state index contributed by atoms with van der Waals surface area (Å²) in [5.74, 6) is 0.841. The molecule has 0 spiro atoms. The summed E-state index contributed by atoms with van der Waals surface area (Å²) >= 11 is 9.92. The molecule has 6 rings (SSSR count). The highest BCUT2D eigenvalue weighted by atomic mass is 79.9. The third-order valence-corrected chi connectivity index (χ3v) is 6.83. The Kier molecular flexibility index (Phi) is 6.72. The maximum atomic E-state index is 13.5. The standard InChI is InChI=1S/C30H18BrClFN3O3/c31-21-8-12-26-20(14-21)15-28(39-26)29-35-25-4-2-1-3-23(25)30(37)36(29)34-16-19-7-11-27(24(32)13-19)38-17-18-5-9-22(33)10-6-18/h1-16H,17H2. The van der Waals surface area contributed by atoms with Gasteiger partial charge in [-0.1, -0.05) is 51.8 Å². The van der Waals surface area contributed by atoms with Gasteiger partial charge in [0.25, 0.3) is 5.56 Å². The predicted molar refractivity (Wildman–Crippen MR) is 154 cm³/mol. The Morgan fingerprint density at radius 2 is 1.85 bits per heavy atom. The van der Waals surface area contributed by atoms with Crippen LogP contribution in [0.4, 0.5) is 4.39 Å². The average Bonchev–Trinajstić information content (AvgIpc) is 3.36. The number of nitrogens with zero attached hydrogens (tertiary/aromatic N) is 3. The van der Waals surface area contributed by atoms with E-state index < -0.39 is 0 Å². The zero-order chi connectivity index (χ0) is 26.9. The fraction of sp³-hybridized carbons (Fsp3) is 0.0333. The molecule has 192 valence electrons. The maximum Gasteiger partial charge on any atom is 0.282 e. The molecule has 6 nitrogen and oxygen atoms in total. The van der Waals surface area contributed by atoms with Gasteiger partial charge in [-0.25, -0.2) is 9.37 Å². The lowest BCUT2D eigenvalue weighted by Gasteiger charge is -2.09. The Morgan fingerprint density at radius 1 is 1.03 bits per heavy atom. The van der Waals surface area contributed by atoms with E-state index in [0.717, 1.165) is 15.4 Å². The number of fused-ring (bicyclic) bond motifs is 2. The van der Waals surface area contributed by atoms with Crippen LogP contribution < -0.4 is 10.3 Å². The van der Waals surface area contributed by atoms with E-state index in [9.17, 15) is 9.18 Å². The average molecular weight is 603 g/mol. The lowest BCUT2D eigenvalue weighted by molar-refractivity contribution is 0.306. The van der Waals surface area contributed by atoms with Crippen LogP contribution in [0.1, 0.15) is 11.1 Å². The highest BCUT2D eigenvalue weighted by Crippen LogP contribution is 2.30. The van der Waals surface area contributed by atoms with Crippen LogP contribution in [0, 0.1) is 5.82 Å². The van der Waals surface area contributed by atoms with Crippen molar-refractivity contribution in [1.82, 2.24) is 9.66 Å². The van der Waals surface area contributed by atoms with Crippen molar-refractivity contribution in [3.05, 3.63) is 128 Å². The normalized spacial score (nSPS) is 11.6. The minimum Gasteiger partial charge on any atom is -0.487 e. The van der Waals surface area contributed by atoms with E-state index >= 15 is 0 Å². The Balaban J connectivity index is 1.35. The zero-order valence-corrected chi connectivity index (χ0v) is 22.5. The number of hydrogen-bond donors (Lipinski definition) is 0. The molecule has 0 amide bonds. The van der Waals surface area contributed by atoms with Crippen LogP contribution in [0.3, 0.4) is 0 Å².